The van der Waals surface area contributed by atoms with E-state index < -0.39 is 37.2 Å². The van der Waals surface area contributed by atoms with Gasteiger partial charge in [-0.3, -0.25) is 9.59 Å². The first-order valence-corrected chi connectivity index (χ1v) is 4.99. The zero-order chi connectivity index (χ0) is 14.3. The Morgan fingerprint density at radius 1 is 1.44 bits per heavy atom. The van der Waals surface area contributed by atoms with Crippen molar-refractivity contribution in [2.45, 2.75) is 18.6 Å². The van der Waals surface area contributed by atoms with Crippen LogP contribution in [0.15, 0.2) is 0 Å². The molecule has 106 valence electrons. The molecule has 0 fully saturated rings. The molecular formula is C9H15F3N2O4. The molecule has 0 spiro atoms. The summed E-state index contributed by atoms with van der Waals surface area (Å²) in [4.78, 5) is 22.1. The molecule has 0 rings (SSSR count). The number of hydrogen-bond acceptors (Lipinski definition) is 4. The highest BCUT2D eigenvalue weighted by Crippen LogP contribution is 2.17. The number of methoxy groups -OCH3 is 1. The quantitative estimate of drug-likeness (QED) is 0.671. The molecule has 1 amide bonds. The SMILES string of the molecule is COCCC(N)C(=O)N(CC(=O)O)CC(F)(F)F. The molecule has 18 heavy (non-hydrogen) atoms. The lowest BCUT2D eigenvalue weighted by Crippen LogP contribution is -2.49. The van der Waals surface area contributed by atoms with E-state index in [1.165, 1.54) is 7.11 Å². The number of carboxylic acid groups (broad SMARTS) is 1. The molecular weight excluding hydrogens is 257 g/mol. The zero-order valence-electron chi connectivity index (χ0n) is 9.74. The number of nitrogens with two attached hydrogens (primary N) is 1. The van der Waals surface area contributed by atoms with Gasteiger partial charge in [0.2, 0.25) is 5.91 Å². The number of halogens is 3. The molecule has 1 atom stereocenters. The van der Waals surface area contributed by atoms with Gasteiger partial charge in [-0.05, 0) is 6.42 Å². The Kier molecular flexibility index (Phi) is 6.63. The van der Waals surface area contributed by atoms with Crippen molar-refractivity contribution < 1.29 is 32.6 Å². The van der Waals surface area contributed by atoms with E-state index in [0.717, 1.165) is 0 Å². The van der Waals surface area contributed by atoms with Crippen molar-refractivity contribution >= 4 is 11.9 Å². The summed E-state index contributed by atoms with van der Waals surface area (Å²) in [5.41, 5.74) is 5.37. The van der Waals surface area contributed by atoms with E-state index in [-0.39, 0.29) is 17.9 Å². The molecule has 0 aliphatic carbocycles. The molecule has 0 saturated heterocycles. The predicted octanol–water partition coefficient (Wildman–Crippen LogP) is -0.174. The van der Waals surface area contributed by atoms with E-state index in [2.05, 4.69) is 4.74 Å². The average Bonchev–Trinajstić information content (AvgIpc) is 2.21. The Bertz CT molecular complexity index is 296. The number of carboxylic acids is 1. The second-order valence-corrected chi connectivity index (χ2v) is 3.59. The second kappa shape index (κ2) is 7.17. The lowest BCUT2D eigenvalue weighted by atomic mass is 10.2. The smallest absolute Gasteiger partial charge is 0.406 e. The van der Waals surface area contributed by atoms with E-state index in [4.69, 9.17) is 10.8 Å². The first kappa shape index (κ1) is 16.6. The topological polar surface area (TPSA) is 92.9 Å². The number of rotatable bonds is 7. The van der Waals surface area contributed by atoms with Crippen LogP contribution in [0.3, 0.4) is 0 Å². The number of nitrogens with zero attached hydrogens (tertiary/aromatic N) is 1. The summed E-state index contributed by atoms with van der Waals surface area (Å²) >= 11 is 0. The maximum Gasteiger partial charge on any atom is 0.406 e. The number of hydrogen-bond donors (Lipinski definition) is 2. The molecule has 0 saturated carbocycles. The molecule has 0 aliphatic heterocycles. The van der Waals surface area contributed by atoms with Gasteiger partial charge in [0, 0.05) is 13.7 Å². The van der Waals surface area contributed by atoms with Gasteiger partial charge in [0.15, 0.2) is 0 Å². The fourth-order valence-corrected chi connectivity index (χ4v) is 1.19. The van der Waals surface area contributed by atoms with Crippen LogP contribution in [0.1, 0.15) is 6.42 Å². The van der Waals surface area contributed by atoms with Crippen LogP contribution >= 0.6 is 0 Å². The molecule has 0 aromatic heterocycles. The molecule has 0 heterocycles. The summed E-state index contributed by atoms with van der Waals surface area (Å²) in [6.07, 6.45) is -4.66. The third kappa shape index (κ3) is 7.07. The number of carbonyl (C=O) groups excluding carboxylic acids is 1. The van der Waals surface area contributed by atoms with Gasteiger partial charge in [-0.15, -0.1) is 0 Å². The number of carbonyl (C=O) groups is 2. The predicted molar refractivity (Wildman–Crippen MR) is 54.7 cm³/mol. The van der Waals surface area contributed by atoms with Gasteiger partial charge in [0.1, 0.15) is 13.1 Å². The van der Waals surface area contributed by atoms with Crippen molar-refractivity contribution in [3.63, 3.8) is 0 Å². The Morgan fingerprint density at radius 2 is 2.00 bits per heavy atom. The largest absolute Gasteiger partial charge is 0.480 e. The van der Waals surface area contributed by atoms with Crippen LogP contribution in [-0.2, 0) is 14.3 Å². The number of ether oxygens (including phenoxy) is 1. The van der Waals surface area contributed by atoms with Crippen LogP contribution in [-0.4, -0.2) is 60.9 Å². The molecule has 3 N–H and O–H groups in total. The van der Waals surface area contributed by atoms with E-state index in [0.29, 0.717) is 0 Å². The third-order valence-corrected chi connectivity index (χ3v) is 1.96. The number of aliphatic carboxylic acids is 1. The minimum Gasteiger partial charge on any atom is -0.480 e. The monoisotopic (exact) mass is 272 g/mol. The lowest BCUT2D eigenvalue weighted by Gasteiger charge is -2.24. The van der Waals surface area contributed by atoms with Crippen LogP contribution in [0.4, 0.5) is 13.2 Å². The standard InChI is InChI=1S/C9H15F3N2O4/c1-18-3-2-6(13)8(17)14(4-7(15)16)5-9(10,11)12/h6H,2-5,13H2,1H3,(H,15,16). The van der Waals surface area contributed by atoms with Gasteiger partial charge in [0.25, 0.3) is 0 Å². The van der Waals surface area contributed by atoms with Gasteiger partial charge in [-0.2, -0.15) is 13.2 Å². The van der Waals surface area contributed by atoms with Gasteiger partial charge >= 0.3 is 12.1 Å². The van der Waals surface area contributed by atoms with E-state index in [9.17, 15) is 22.8 Å². The van der Waals surface area contributed by atoms with Crippen molar-refractivity contribution in [2.24, 2.45) is 5.73 Å². The van der Waals surface area contributed by atoms with Crippen molar-refractivity contribution in [3.8, 4) is 0 Å². The Labute approximate surface area is 101 Å². The Balaban J connectivity index is 4.63. The molecule has 0 radical (unpaired) electrons. The van der Waals surface area contributed by atoms with Gasteiger partial charge in [-0.25, -0.2) is 0 Å². The van der Waals surface area contributed by atoms with Crippen LogP contribution in [0, 0.1) is 0 Å². The minimum absolute atomic E-state index is 0.0172. The van der Waals surface area contributed by atoms with E-state index in [1.807, 2.05) is 0 Å². The highest BCUT2D eigenvalue weighted by Gasteiger charge is 2.35. The number of alkyl halides is 3. The average molecular weight is 272 g/mol. The minimum atomic E-state index is -4.67. The van der Waals surface area contributed by atoms with Crippen molar-refractivity contribution in [1.82, 2.24) is 4.90 Å². The lowest BCUT2D eigenvalue weighted by molar-refractivity contribution is -0.166. The summed E-state index contributed by atoms with van der Waals surface area (Å²) in [5.74, 6) is -2.60. The summed E-state index contributed by atoms with van der Waals surface area (Å²) in [5, 5.41) is 8.46. The van der Waals surface area contributed by atoms with E-state index in [1.54, 1.807) is 0 Å². The van der Waals surface area contributed by atoms with Crippen LogP contribution in [0.2, 0.25) is 0 Å². The van der Waals surface area contributed by atoms with Crippen molar-refractivity contribution in [2.75, 3.05) is 26.8 Å². The molecule has 0 aromatic rings. The molecule has 0 bridgehead atoms. The van der Waals surface area contributed by atoms with Gasteiger partial charge in [-0.1, -0.05) is 0 Å². The maximum absolute atomic E-state index is 12.2. The molecule has 6 nitrogen and oxygen atoms in total. The van der Waals surface area contributed by atoms with E-state index >= 15 is 0 Å². The van der Waals surface area contributed by atoms with Crippen LogP contribution in [0.5, 0.6) is 0 Å². The number of amides is 1. The van der Waals surface area contributed by atoms with Gasteiger partial charge in [0.05, 0.1) is 6.04 Å². The molecule has 1 unspecified atom stereocenters. The van der Waals surface area contributed by atoms with Crippen LogP contribution in [0.25, 0.3) is 0 Å². The highest BCUT2D eigenvalue weighted by molar-refractivity contribution is 5.85. The zero-order valence-corrected chi connectivity index (χ0v) is 9.74. The first-order valence-electron chi connectivity index (χ1n) is 4.99. The summed E-state index contributed by atoms with van der Waals surface area (Å²) in [7, 11) is 1.35. The van der Waals surface area contributed by atoms with Crippen molar-refractivity contribution in [3.05, 3.63) is 0 Å². The van der Waals surface area contributed by atoms with Crippen LogP contribution < -0.4 is 5.73 Å². The normalized spacial score (nSPS) is 13.2. The highest BCUT2D eigenvalue weighted by atomic mass is 19.4. The fourth-order valence-electron chi connectivity index (χ4n) is 1.19. The Hall–Kier alpha value is -1.35. The summed E-state index contributed by atoms with van der Waals surface area (Å²) in [6.45, 7) is -2.59. The summed E-state index contributed by atoms with van der Waals surface area (Å²) in [6, 6.07) is -1.22. The fraction of sp³-hybridized carbons (Fsp3) is 0.778. The Morgan fingerprint density at radius 3 is 2.39 bits per heavy atom. The second-order valence-electron chi connectivity index (χ2n) is 3.59. The van der Waals surface area contributed by atoms with Gasteiger partial charge < -0.3 is 20.5 Å². The maximum atomic E-state index is 12.2. The molecule has 0 aliphatic rings. The van der Waals surface area contributed by atoms with Crippen molar-refractivity contribution in [1.29, 1.82) is 0 Å². The summed E-state index contributed by atoms with van der Waals surface area (Å²) < 4.78 is 41.2. The first-order chi connectivity index (χ1) is 8.17. The molecule has 9 heteroatoms. The third-order valence-electron chi connectivity index (χ3n) is 1.96. The molecule has 0 aromatic carbocycles.